The number of hydrogen-bond donors (Lipinski definition) is 2. The van der Waals surface area contributed by atoms with E-state index in [1.807, 2.05) is 12.1 Å². The number of ether oxygens (including phenoxy) is 1. The Balaban J connectivity index is 1.88. The molecule has 0 saturated carbocycles. The first-order valence-corrected chi connectivity index (χ1v) is 11.7. The molecule has 0 bridgehead atoms. The Hall–Kier alpha value is -3.65. The number of Topliss-reactive ketones (excluding diaryl/α,β-unsaturated/α-hetero) is 1. The van der Waals surface area contributed by atoms with Gasteiger partial charge in [0.15, 0.2) is 17.3 Å². The summed E-state index contributed by atoms with van der Waals surface area (Å²) in [4.78, 5) is 33.0. The van der Waals surface area contributed by atoms with Crippen molar-refractivity contribution >= 4 is 28.7 Å². The molecule has 2 heterocycles. The molecule has 1 aliphatic rings. The molecule has 0 fully saturated rings. The van der Waals surface area contributed by atoms with Crippen LogP contribution in [0.5, 0.6) is 11.5 Å². The van der Waals surface area contributed by atoms with Crippen LogP contribution in [0, 0.1) is 13.8 Å². The van der Waals surface area contributed by atoms with Crippen LogP contribution < -0.4 is 9.64 Å². The predicted octanol–water partition coefficient (Wildman–Crippen LogP) is 5.38. The second-order valence-electron chi connectivity index (χ2n) is 8.49. The van der Waals surface area contributed by atoms with Crippen LogP contribution in [0.4, 0.5) is 5.69 Å². The third kappa shape index (κ3) is 3.94. The number of ketones is 1. The summed E-state index contributed by atoms with van der Waals surface area (Å²) in [5.41, 5.74) is 2.58. The van der Waals surface area contributed by atoms with Gasteiger partial charge in [0, 0.05) is 5.69 Å². The number of thiazole rings is 1. The van der Waals surface area contributed by atoms with E-state index < -0.39 is 23.5 Å². The van der Waals surface area contributed by atoms with E-state index in [1.165, 1.54) is 29.4 Å². The van der Waals surface area contributed by atoms with Gasteiger partial charge >= 0.3 is 0 Å². The van der Waals surface area contributed by atoms with Gasteiger partial charge in [0.1, 0.15) is 0 Å². The van der Waals surface area contributed by atoms with Crippen molar-refractivity contribution in [3.8, 4) is 11.5 Å². The molecule has 1 amide bonds. The Kier molecular flexibility index (Phi) is 6.18. The third-order valence-corrected chi connectivity index (χ3v) is 6.99. The largest absolute Gasteiger partial charge is 0.504 e. The van der Waals surface area contributed by atoms with E-state index in [0.29, 0.717) is 32.7 Å². The van der Waals surface area contributed by atoms with Crippen molar-refractivity contribution < 1.29 is 24.5 Å². The molecule has 2 aromatic carbocycles. The minimum atomic E-state index is -0.941. The number of nitrogens with zero attached hydrogens (tertiary/aromatic N) is 2. The molecule has 2 N–H and O–H groups in total. The number of benzene rings is 2. The smallest absolute Gasteiger partial charge is 0.294 e. The van der Waals surface area contributed by atoms with Crippen molar-refractivity contribution in [3.63, 3.8) is 0 Å². The van der Waals surface area contributed by atoms with E-state index in [1.54, 1.807) is 38.1 Å². The molecular formula is C26H26N2O5S. The fourth-order valence-corrected chi connectivity index (χ4v) is 5.05. The van der Waals surface area contributed by atoms with E-state index in [0.717, 1.165) is 5.56 Å². The van der Waals surface area contributed by atoms with Crippen LogP contribution in [-0.4, -0.2) is 34.0 Å². The zero-order valence-electron chi connectivity index (χ0n) is 19.6. The second-order valence-corrected chi connectivity index (χ2v) is 9.70. The number of phenolic OH excluding ortho intramolecular Hbond substituents is 1. The number of carbonyl (C=O) groups excluding carboxylic acids is 2. The van der Waals surface area contributed by atoms with Crippen LogP contribution in [0.3, 0.4) is 0 Å². The topological polar surface area (TPSA) is 100.0 Å². The minimum absolute atomic E-state index is 0.0470. The maximum atomic E-state index is 13.6. The molecule has 176 valence electrons. The Morgan fingerprint density at radius 1 is 1.12 bits per heavy atom. The molecule has 0 spiro atoms. The first kappa shape index (κ1) is 23.5. The lowest BCUT2D eigenvalue weighted by atomic mass is 9.94. The number of carbonyl (C=O) groups is 2. The summed E-state index contributed by atoms with van der Waals surface area (Å²) >= 11 is 1.22. The van der Waals surface area contributed by atoms with Gasteiger partial charge in [-0.05, 0) is 55.2 Å². The average Bonchev–Trinajstić information content (AvgIpc) is 3.28. The Morgan fingerprint density at radius 2 is 1.79 bits per heavy atom. The monoisotopic (exact) mass is 478 g/mol. The van der Waals surface area contributed by atoms with Gasteiger partial charge in [-0.15, -0.1) is 11.3 Å². The summed E-state index contributed by atoms with van der Waals surface area (Å²) < 4.78 is 5.15. The van der Waals surface area contributed by atoms with Crippen LogP contribution in [-0.2, 0) is 4.79 Å². The average molecular weight is 479 g/mol. The number of amides is 1. The van der Waals surface area contributed by atoms with E-state index in [4.69, 9.17) is 4.74 Å². The molecule has 1 aliphatic heterocycles. The fraction of sp³-hybridized carbons (Fsp3) is 0.269. The molecule has 3 aromatic rings. The Morgan fingerprint density at radius 3 is 2.32 bits per heavy atom. The van der Waals surface area contributed by atoms with Crippen molar-refractivity contribution in [2.24, 2.45) is 0 Å². The predicted molar refractivity (Wildman–Crippen MR) is 131 cm³/mol. The van der Waals surface area contributed by atoms with Gasteiger partial charge in [-0.25, -0.2) is 4.98 Å². The number of phenols is 1. The quantitative estimate of drug-likeness (QED) is 0.462. The van der Waals surface area contributed by atoms with Crippen LogP contribution in [0.15, 0.2) is 53.8 Å². The maximum absolute atomic E-state index is 13.6. The first-order chi connectivity index (χ1) is 16.1. The molecule has 8 heteroatoms. The van der Waals surface area contributed by atoms with Gasteiger partial charge < -0.3 is 14.9 Å². The third-order valence-electron chi connectivity index (χ3n) is 5.92. The fourth-order valence-electron chi connectivity index (χ4n) is 4.18. The number of anilines is 1. The maximum Gasteiger partial charge on any atom is 0.294 e. The van der Waals surface area contributed by atoms with Crippen LogP contribution in [0.2, 0.25) is 0 Å². The standard InChI is InChI=1S/C26H26N2O5S/c1-13(2)16-6-9-18(10-7-16)28-22(17-8-11-20(33-5)19(29)12-17)21(24(31)26(28)32)23(30)25-14(3)27-15(4)34-25/h6-13,22,29,31H,1-5H3. The van der Waals surface area contributed by atoms with Crippen molar-refractivity contribution in [1.29, 1.82) is 0 Å². The molecular weight excluding hydrogens is 452 g/mol. The number of rotatable bonds is 6. The van der Waals surface area contributed by atoms with Gasteiger partial charge in [-0.3, -0.25) is 14.5 Å². The second kappa shape index (κ2) is 8.95. The molecule has 4 rings (SSSR count). The summed E-state index contributed by atoms with van der Waals surface area (Å²) in [5.74, 6) is -1.32. The summed E-state index contributed by atoms with van der Waals surface area (Å²) in [5, 5.41) is 22.1. The lowest BCUT2D eigenvalue weighted by Crippen LogP contribution is -2.31. The highest BCUT2D eigenvalue weighted by Crippen LogP contribution is 2.44. The summed E-state index contributed by atoms with van der Waals surface area (Å²) in [7, 11) is 1.44. The highest BCUT2D eigenvalue weighted by atomic mass is 32.1. The molecule has 1 unspecified atom stereocenters. The van der Waals surface area contributed by atoms with Crippen LogP contribution in [0.1, 0.15) is 57.3 Å². The van der Waals surface area contributed by atoms with Gasteiger partial charge in [-0.2, -0.15) is 0 Å². The summed E-state index contributed by atoms with van der Waals surface area (Å²) in [6.07, 6.45) is 0. The number of aliphatic hydroxyl groups is 1. The molecule has 0 saturated heterocycles. The van der Waals surface area contributed by atoms with Gasteiger partial charge in [0.25, 0.3) is 5.91 Å². The number of aromatic hydroxyl groups is 1. The van der Waals surface area contributed by atoms with Crippen LogP contribution >= 0.6 is 11.3 Å². The minimum Gasteiger partial charge on any atom is -0.504 e. The number of aliphatic hydroxyl groups excluding tert-OH is 1. The zero-order chi connectivity index (χ0) is 24.7. The van der Waals surface area contributed by atoms with Gasteiger partial charge in [0.2, 0.25) is 5.78 Å². The van der Waals surface area contributed by atoms with E-state index in [-0.39, 0.29) is 17.1 Å². The molecule has 1 aromatic heterocycles. The van der Waals surface area contributed by atoms with Crippen LogP contribution in [0.25, 0.3) is 0 Å². The number of methoxy groups -OCH3 is 1. The molecule has 0 aliphatic carbocycles. The molecule has 0 radical (unpaired) electrons. The highest BCUT2D eigenvalue weighted by Gasteiger charge is 2.45. The lowest BCUT2D eigenvalue weighted by molar-refractivity contribution is -0.117. The van der Waals surface area contributed by atoms with Crippen molar-refractivity contribution in [1.82, 2.24) is 4.98 Å². The first-order valence-electron chi connectivity index (χ1n) is 10.9. The number of aromatic nitrogens is 1. The number of aryl methyl sites for hydroxylation is 2. The molecule has 1 atom stereocenters. The summed E-state index contributed by atoms with van der Waals surface area (Å²) in [6.45, 7) is 7.66. The Bertz CT molecular complexity index is 1310. The van der Waals surface area contributed by atoms with E-state index >= 15 is 0 Å². The number of hydrogen-bond acceptors (Lipinski definition) is 7. The normalized spacial score (nSPS) is 16.0. The molecule has 7 nitrogen and oxygen atoms in total. The highest BCUT2D eigenvalue weighted by molar-refractivity contribution is 7.14. The van der Waals surface area contributed by atoms with E-state index in [2.05, 4.69) is 18.8 Å². The SMILES string of the molecule is COc1ccc(C2C(C(=O)c3sc(C)nc3C)=C(O)C(=O)N2c2ccc(C(C)C)cc2)cc1O. The van der Waals surface area contributed by atoms with Crippen molar-refractivity contribution in [2.75, 3.05) is 12.0 Å². The Labute approximate surface area is 202 Å². The van der Waals surface area contributed by atoms with Crippen molar-refractivity contribution in [2.45, 2.75) is 39.7 Å². The lowest BCUT2D eigenvalue weighted by Gasteiger charge is -2.27. The van der Waals surface area contributed by atoms with Crippen molar-refractivity contribution in [3.05, 3.63) is 80.5 Å². The van der Waals surface area contributed by atoms with E-state index in [9.17, 15) is 19.8 Å². The van der Waals surface area contributed by atoms with Gasteiger partial charge in [-0.1, -0.05) is 32.0 Å². The van der Waals surface area contributed by atoms with Gasteiger partial charge in [0.05, 0.1) is 34.3 Å². The zero-order valence-corrected chi connectivity index (χ0v) is 20.4. The molecule has 34 heavy (non-hydrogen) atoms. The summed E-state index contributed by atoms with van der Waals surface area (Å²) in [6, 6.07) is 11.2.